The highest BCUT2D eigenvalue weighted by Crippen LogP contribution is 1.97. The first kappa shape index (κ1) is 16.6. The van der Waals surface area contributed by atoms with E-state index in [-0.39, 0.29) is 12.1 Å². The molecule has 0 radical (unpaired) electrons. The standard InChI is InChI=1S/C6H16N2.C5H8O2/c1-2-3-4-5-6(7)8;1-4(2)5(6)7-3/h6H,2-5,7-8H2,1H3;1H2,2-3H3. The maximum absolute atomic E-state index is 10.2. The van der Waals surface area contributed by atoms with Crippen molar-refractivity contribution >= 4 is 5.97 Å². The predicted molar refractivity (Wildman–Crippen MR) is 63.1 cm³/mol. The van der Waals surface area contributed by atoms with E-state index < -0.39 is 0 Å². The summed E-state index contributed by atoms with van der Waals surface area (Å²) in [7, 11) is 1.33. The van der Waals surface area contributed by atoms with Gasteiger partial charge in [0.1, 0.15) is 0 Å². The minimum Gasteiger partial charge on any atom is -0.466 e. The highest BCUT2D eigenvalue weighted by atomic mass is 16.5. The molecule has 90 valence electrons. The lowest BCUT2D eigenvalue weighted by Crippen LogP contribution is -2.29. The molecule has 0 aromatic heterocycles. The van der Waals surface area contributed by atoms with Crippen molar-refractivity contribution in [2.45, 2.75) is 45.7 Å². The fourth-order valence-electron chi connectivity index (χ4n) is 0.804. The third kappa shape index (κ3) is 15.9. The van der Waals surface area contributed by atoms with Gasteiger partial charge in [-0.1, -0.05) is 32.8 Å². The van der Waals surface area contributed by atoms with Crippen LogP contribution >= 0.6 is 0 Å². The van der Waals surface area contributed by atoms with Crippen LogP contribution in [-0.4, -0.2) is 19.2 Å². The second-order valence-corrected chi connectivity index (χ2v) is 3.43. The average molecular weight is 216 g/mol. The molecule has 0 atom stereocenters. The Hall–Kier alpha value is -0.870. The zero-order chi connectivity index (χ0) is 12.3. The van der Waals surface area contributed by atoms with Gasteiger partial charge in [-0.2, -0.15) is 0 Å². The minimum atomic E-state index is -0.347. The number of hydrogen-bond acceptors (Lipinski definition) is 4. The number of methoxy groups -OCH3 is 1. The number of carbonyl (C=O) groups excluding carboxylic acids is 1. The van der Waals surface area contributed by atoms with Crippen molar-refractivity contribution in [3.05, 3.63) is 12.2 Å². The molecule has 0 aromatic rings. The molecule has 0 aliphatic rings. The molecule has 0 aliphatic carbocycles. The van der Waals surface area contributed by atoms with Crippen LogP contribution in [0.15, 0.2) is 12.2 Å². The maximum Gasteiger partial charge on any atom is 0.332 e. The van der Waals surface area contributed by atoms with E-state index in [4.69, 9.17) is 11.5 Å². The fraction of sp³-hybridized carbons (Fsp3) is 0.727. The van der Waals surface area contributed by atoms with E-state index in [2.05, 4.69) is 18.2 Å². The zero-order valence-electron chi connectivity index (χ0n) is 10.1. The van der Waals surface area contributed by atoms with Crippen molar-refractivity contribution in [2.75, 3.05) is 7.11 Å². The van der Waals surface area contributed by atoms with Crippen LogP contribution in [0.2, 0.25) is 0 Å². The fourth-order valence-corrected chi connectivity index (χ4v) is 0.804. The van der Waals surface area contributed by atoms with Gasteiger partial charge < -0.3 is 16.2 Å². The molecular formula is C11H24N2O2. The van der Waals surface area contributed by atoms with Crippen molar-refractivity contribution in [3.8, 4) is 0 Å². The topological polar surface area (TPSA) is 78.3 Å². The number of esters is 1. The monoisotopic (exact) mass is 216 g/mol. The summed E-state index contributed by atoms with van der Waals surface area (Å²) in [5.74, 6) is -0.347. The Morgan fingerprint density at radius 1 is 1.40 bits per heavy atom. The van der Waals surface area contributed by atoms with Crippen LogP contribution in [-0.2, 0) is 9.53 Å². The maximum atomic E-state index is 10.2. The normalized spacial score (nSPS) is 9.20. The van der Waals surface area contributed by atoms with Gasteiger partial charge in [0, 0.05) is 5.57 Å². The van der Waals surface area contributed by atoms with Gasteiger partial charge in [-0.25, -0.2) is 4.79 Å². The Bertz CT molecular complexity index is 179. The van der Waals surface area contributed by atoms with E-state index in [1.54, 1.807) is 6.92 Å². The van der Waals surface area contributed by atoms with E-state index in [0.717, 1.165) is 6.42 Å². The number of ether oxygens (including phenoxy) is 1. The molecular weight excluding hydrogens is 192 g/mol. The third-order valence-corrected chi connectivity index (χ3v) is 1.67. The van der Waals surface area contributed by atoms with Crippen molar-refractivity contribution in [2.24, 2.45) is 11.5 Å². The summed E-state index contributed by atoms with van der Waals surface area (Å²) in [6.07, 6.45) is 4.54. The van der Waals surface area contributed by atoms with Crippen LogP contribution in [0.3, 0.4) is 0 Å². The lowest BCUT2D eigenvalue weighted by molar-refractivity contribution is -0.136. The van der Waals surface area contributed by atoms with Gasteiger partial charge in [0.15, 0.2) is 0 Å². The van der Waals surface area contributed by atoms with Crippen molar-refractivity contribution in [1.82, 2.24) is 0 Å². The molecule has 0 saturated carbocycles. The van der Waals surface area contributed by atoms with Gasteiger partial charge in [0.25, 0.3) is 0 Å². The smallest absolute Gasteiger partial charge is 0.332 e. The first-order valence-corrected chi connectivity index (χ1v) is 5.20. The second kappa shape index (κ2) is 11.2. The highest BCUT2D eigenvalue weighted by Gasteiger charge is 1.95. The lowest BCUT2D eigenvalue weighted by Gasteiger charge is -2.01. The minimum absolute atomic E-state index is 0.0958. The van der Waals surface area contributed by atoms with Crippen LogP contribution in [0.25, 0.3) is 0 Å². The molecule has 4 nitrogen and oxygen atoms in total. The second-order valence-electron chi connectivity index (χ2n) is 3.43. The Morgan fingerprint density at radius 2 is 1.93 bits per heavy atom. The molecule has 0 amide bonds. The highest BCUT2D eigenvalue weighted by molar-refractivity contribution is 5.86. The number of rotatable bonds is 5. The molecule has 0 unspecified atom stereocenters. The van der Waals surface area contributed by atoms with Crippen LogP contribution in [0.4, 0.5) is 0 Å². The van der Waals surface area contributed by atoms with Gasteiger partial charge in [-0.3, -0.25) is 0 Å². The number of nitrogens with two attached hydrogens (primary N) is 2. The van der Waals surface area contributed by atoms with E-state index >= 15 is 0 Å². The zero-order valence-corrected chi connectivity index (χ0v) is 10.1. The molecule has 0 saturated heterocycles. The molecule has 4 N–H and O–H groups in total. The average Bonchev–Trinajstić information content (AvgIpc) is 2.17. The molecule has 0 aromatic carbocycles. The van der Waals surface area contributed by atoms with Gasteiger partial charge in [-0.05, 0) is 13.3 Å². The first-order valence-electron chi connectivity index (χ1n) is 5.20. The summed E-state index contributed by atoms with van der Waals surface area (Å²) < 4.78 is 4.27. The van der Waals surface area contributed by atoms with Crippen LogP contribution < -0.4 is 11.5 Å². The van der Waals surface area contributed by atoms with Crippen molar-refractivity contribution in [1.29, 1.82) is 0 Å². The first-order chi connectivity index (χ1) is 6.95. The van der Waals surface area contributed by atoms with Crippen LogP contribution in [0, 0.1) is 0 Å². The van der Waals surface area contributed by atoms with Crippen molar-refractivity contribution < 1.29 is 9.53 Å². The molecule has 0 heterocycles. The summed E-state index contributed by atoms with van der Waals surface area (Å²) in [5, 5.41) is 0. The third-order valence-electron chi connectivity index (χ3n) is 1.67. The van der Waals surface area contributed by atoms with Gasteiger partial charge in [0.05, 0.1) is 13.3 Å². The molecule has 0 bridgehead atoms. The lowest BCUT2D eigenvalue weighted by atomic mass is 10.2. The van der Waals surface area contributed by atoms with Gasteiger partial charge in [-0.15, -0.1) is 0 Å². The number of hydrogen-bond donors (Lipinski definition) is 2. The van der Waals surface area contributed by atoms with Gasteiger partial charge >= 0.3 is 5.97 Å². The van der Waals surface area contributed by atoms with E-state index in [9.17, 15) is 4.79 Å². The molecule has 0 rings (SSSR count). The van der Waals surface area contributed by atoms with E-state index in [1.807, 2.05) is 0 Å². The van der Waals surface area contributed by atoms with Crippen LogP contribution in [0.5, 0.6) is 0 Å². The van der Waals surface area contributed by atoms with Gasteiger partial charge in [0.2, 0.25) is 0 Å². The number of unbranched alkanes of at least 4 members (excludes halogenated alkanes) is 2. The molecule has 0 spiro atoms. The Kier molecular flexibility index (Phi) is 12.4. The Labute approximate surface area is 92.7 Å². The Balaban J connectivity index is 0. The predicted octanol–water partition coefficient (Wildman–Crippen LogP) is 1.55. The Morgan fingerprint density at radius 3 is 2.13 bits per heavy atom. The quantitative estimate of drug-likeness (QED) is 0.316. The van der Waals surface area contributed by atoms with Crippen LogP contribution in [0.1, 0.15) is 39.5 Å². The summed E-state index contributed by atoms with van der Waals surface area (Å²) in [5.41, 5.74) is 11.1. The molecule has 0 aliphatic heterocycles. The summed E-state index contributed by atoms with van der Waals surface area (Å²) in [4.78, 5) is 10.2. The summed E-state index contributed by atoms with van der Waals surface area (Å²) >= 11 is 0. The molecule has 4 heteroatoms. The SMILES string of the molecule is C=C(C)C(=O)OC.CCCCCC(N)N. The largest absolute Gasteiger partial charge is 0.466 e. The summed E-state index contributed by atoms with van der Waals surface area (Å²) in [6, 6.07) is 0. The van der Waals surface area contributed by atoms with E-state index in [0.29, 0.717) is 5.57 Å². The molecule has 15 heavy (non-hydrogen) atoms. The van der Waals surface area contributed by atoms with Crippen molar-refractivity contribution in [3.63, 3.8) is 0 Å². The van der Waals surface area contributed by atoms with E-state index in [1.165, 1.54) is 26.4 Å². The molecule has 0 fully saturated rings. The number of carbonyl (C=O) groups is 1. The summed E-state index contributed by atoms with van der Waals surface area (Å²) in [6.45, 7) is 7.12.